The van der Waals surface area contributed by atoms with Crippen LogP contribution in [0, 0.1) is 0 Å². The number of pyridine rings is 1. The minimum Gasteiger partial charge on any atom is -0.397 e. The Morgan fingerprint density at radius 1 is 1.11 bits per heavy atom. The quantitative estimate of drug-likeness (QED) is 0.767. The Morgan fingerprint density at radius 2 is 1.84 bits per heavy atom. The Labute approximate surface area is 127 Å². The second kappa shape index (κ2) is 5.48. The van der Waals surface area contributed by atoms with E-state index in [1.54, 1.807) is 18.2 Å². The molecule has 1 aromatic carbocycles. The molecule has 2 rings (SSSR count). The van der Waals surface area contributed by atoms with Crippen LogP contribution in [0.15, 0.2) is 50.5 Å². The van der Waals surface area contributed by atoms with Gasteiger partial charge in [-0.2, -0.15) is 0 Å². The van der Waals surface area contributed by atoms with Crippen molar-refractivity contribution in [3.63, 3.8) is 0 Å². The predicted octanol–water partition coefficient (Wildman–Crippen LogP) is 2.99. The van der Waals surface area contributed by atoms with E-state index in [-0.39, 0.29) is 4.90 Å². The highest BCUT2D eigenvalue weighted by molar-refractivity contribution is 9.10. The monoisotopic (exact) mass is 405 g/mol. The van der Waals surface area contributed by atoms with Gasteiger partial charge in [0, 0.05) is 21.3 Å². The lowest BCUT2D eigenvalue weighted by atomic mass is 10.3. The Kier molecular flexibility index (Phi) is 4.12. The molecule has 2 aromatic rings. The number of benzene rings is 1. The number of nitrogen functional groups attached to an aromatic ring is 1. The van der Waals surface area contributed by atoms with Gasteiger partial charge >= 0.3 is 0 Å². The summed E-state index contributed by atoms with van der Waals surface area (Å²) >= 11 is 6.44. The van der Waals surface area contributed by atoms with E-state index in [0.29, 0.717) is 15.8 Å². The van der Waals surface area contributed by atoms with Gasteiger partial charge < -0.3 is 5.73 Å². The number of sulfonamides is 1. The molecule has 1 heterocycles. The standard InChI is InChI=1S/C11H9Br2N3O2S/c12-7-1-2-11(10(14)4-7)16-19(17,18)9-3-8(13)5-15-6-9/h1-6,16H,14H2. The fraction of sp³-hybridized carbons (Fsp3) is 0. The average Bonchev–Trinajstić information content (AvgIpc) is 2.33. The van der Waals surface area contributed by atoms with Gasteiger partial charge in [-0.3, -0.25) is 9.71 Å². The lowest BCUT2D eigenvalue weighted by molar-refractivity contribution is 0.600. The molecule has 0 aliphatic rings. The van der Waals surface area contributed by atoms with E-state index in [0.717, 1.165) is 4.47 Å². The van der Waals surface area contributed by atoms with Gasteiger partial charge in [0.1, 0.15) is 4.90 Å². The lowest BCUT2D eigenvalue weighted by Crippen LogP contribution is -2.14. The number of nitrogens with zero attached hydrogens (tertiary/aromatic N) is 1. The number of nitrogens with one attached hydrogen (secondary N) is 1. The highest BCUT2D eigenvalue weighted by atomic mass is 79.9. The van der Waals surface area contributed by atoms with Crippen molar-refractivity contribution in [2.75, 3.05) is 10.5 Å². The van der Waals surface area contributed by atoms with Gasteiger partial charge in [-0.05, 0) is 40.2 Å². The highest BCUT2D eigenvalue weighted by Crippen LogP contribution is 2.26. The topological polar surface area (TPSA) is 85.1 Å². The van der Waals surface area contributed by atoms with Gasteiger partial charge in [0.25, 0.3) is 10.0 Å². The Hall–Kier alpha value is -1.12. The SMILES string of the molecule is Nc1cc(Br)ccc1NS(=O)(=O)c1cncc(Br)c1. The summed E-state index contributed by atoms with van der Waals surface area (Å²) in [6.45, 7) is 0. The van der Waals surface area contributed by atoms with Gasteiger partial charge in [-0.15, -0.1) is 0 Å². The van der Waals surface area contributed by atoms with Crippen molar-refractivity contribution in [2.45, 2.75) is 4.90 Å². The number of halogens is 2. The van der Waals surface area contributed by atoms with E-state index in [1.807, 2.05) is 0 Å². The van der Waals surface area contributed by atoms with Crippen molar-refractivity contribution in [2.24, 2.45) is 0 Å². The third-order valence-corrected chi connectivity index (χ3v) is 4.51. The van der Waals surface area contributed by atoms with Gasteiger partial charge in [0.2, 0.25) is 0 Å². The first-order valence-corrected chi connectivity index (χ1v) is 8.14. The molecule has 0 amide bonds. The predicted molar refractivity (Wildman–Crippen MR) is 81.3 cm³/mol. The molecule has 0 atom stereocenters. The summed E-state index contributed by atoms with van der Waals surface area (Å²) in [5, 5.41) is 0. The maximum atomic E-state index is 12.2. The van der Waals surface area contributed by atoms with Crippen LogP contribution in [0.25, 0.3) is 0 Å². The van der Waals surface area contributed by atoms with Crippen molar-refractivity contribution in [3.8, 4) is 0 Å². The maximum absolute atomic E-state index is 12.2. The van der Waals surface area contributed by atoms with Crippen LogP contribution < -0.4 is 10.5 Å². The zero-order valence-corrected chi connectivity index (χ0v) is 13.5. The van der Waals surface area contributed by atoms with Crippen molar-refractivity contribution in [1.82, 2.24) is 4.98 Å². The van der Waals surface area contributed by atoms with Crippen LogP contribution in [0.3, 0.4) is 0 Å². The Morgan fingerprint density at radius 3 is 2.47 bits per heavy atom. The van der Waals surface area contributed by atoms with E-state index in [9.17, 15) is 8.42 Å². The van der Waals surface area contributed by atoms with Crippen LogP contribution in [0.2, 0.25) is 0 Å². The zero-order valence-electron chi connectivity index (χ0n) is 9.47. The highest BCUT2D eigenvalue weighted by Gasteiger charge is 2.16. The average molecular weight is 407 g/mol. The van der Waals surface area contributed by atoms with E-state index < -0.39 is 10.0 Å². The fourth-order valence-corrected chi connectivity index (χ4v) is 3.34. The first-order chi connectivity index (χ1) is 8.88. The molecule has 0 bridgehead atoms. The summed E-state index contributed by atoms with van der Waals surface area (Å²) in [6, 6.07) is 6.37. The van der Waals surface area contributed by atoms with Crippen LogP contribution in [-0.4, -0.2) is 13.4 Å². The van der Waals surface area contributed by atoms with Gasteiger partial charge in [-0.25, -0.2) is 8.42 Å². The molecule has 0 fully saturated rings. The third-order valence-electron chi connectivity index (χ3n) is 2.25. The molecule has 8 heteroatoms. The second-order valence-electron chi connectivity index (χ2n) is 3.68. The van der Waals surface area contributed by atoms with Crippen molar-refractivity contribution in [3.05, 3.63) is 45.6 Å². The van der Waals surface area contributed by atoms with E-state index in [2.05, 4.69) is 41.6 Å². The minimum absolute atomic E-state index is 0.0594. The number of hydrogen-bond acceptors (Lipinski definition) is 4. The van der Waals surface area contributed by atoms with E-state index in [1.165, 1.54) is 18.5 Å². The van der Waals surface area contributed by atoms with Crippen LogP contribution >= 0.6 is 31.9 Å². The van der Waals surface area contributed by atoms with Crippen molar-refractivity contribution >= 4 is 53.3 Å². The van der Waals surface area contributed by atoms with Crippen LogP contribution in [0.1, 0.15) is 0 Å². The largest absolute Gasteiger partial charge is 0.397 e. The molecule has 0 unspecified atom stereocenters. The molecule has 0 aliphatic heterocycles. The van der Waals surface area contributed by atoms with Crippen molar-refractivity contribution in [1.29, 1.82) is 0 Å². The molecule has 0 saturated carbocycles. The molecule has 0 spiro atoms. The lowest BCUT2D eigenvalue weighted by Gasteiger charge is -2.10. The maximum Gasteiger partial charge on any atom is 0.263 e. The summed E-state index contributed by atoms with van der Waals surface area (Å²) in [4.78, 5) is 3.88. The number of rotatable bonds is 3. The first-order valence-electron chi connectivity index (χ1n) is 5.07. The number of aromatic nitrogens is 1. The molecule has 100 valence electrons. The molecule has 0 radical (unpaired) electrons. The normalized spacial score (nSPS) is 11.3. The number of nitrogens with two attached hydrogens (primary N) is 1. The van der Waals surface area contributed by atoms with Crippen LogP contribution in [-0.2, 0) is 10.0 Å². The first kappa shape index (κ1) is 14.3. The van der Waals surface area contributed by atoms with Crippen LogP contribution in [0.4, 0.5) is 11.4 Å². The number of hydrogen-bond donors (Lipinski definition) is 2. The smallest absolute Gasteiger partial charge is 0.263 e. The minimum atomic E-state index is -3.71. The van der Waals surface area contributed by atoms with Crippen molar-refractivity contribution < 1.29 is 8.42 Å². The molecular weight excluding hydrogens is 398 g/mol. The third kappa shape index (κ3) is 3.46. The molecule has 1 aromatic heterocycles. The summed E-state index contributed by atoms with van der Waals surface area (Å²) in [7, 11) is -3.71. The molecular formula is C11H9Br2N3O2S. The second-order valence-corrected chi connectivity index (χ2v) is 7.19. The Bertz CT molecular complexity index is 720. The van der Waals surface area contributed by atoms with E-state index >= 15 is 0 Å². The molecule has 19 heavy (non-hydrogen) atoms. The molecule has 0 saturated heterocycles. The van der Waals surface area contributed by atoms with Gasteiger partial charge in [0.05, 0.1) is 11.4 Å². The number of anilines is 2. The van der Waals surface area contributed by atoms with E-state index in [4.69, 9.17) is 5.73 Å². The van der Waals surface area contributed by atoms with Gasteiger partial charge in [-0.1, -0.05) is 15.9 Å². The summed E-state index contributed by atoms with van der Waals surface area (Å²) in [5.74, 6) is 0. The Balaban J connectivity index is 2.36. The zero-order chi connectivity index (χ0) is 14.0. The summed E-state index contributed by atoms with van der Waals surface area (Å²) in [5.41, 5.74) is 6.41. The molecule has 0 aliphatic carbocycles. The fourth-order valence-electron chi connectivity index (χ4n) is 1.37. The van der Waals surface area contributed by atoms with Crippen LogP contribution in [0.5, 0.6) is 0 Å². The molecule has 3 N–H and O–H groups in total. The summed E-state index contributed by atoms with van der Waals surface area (Å²) in [6.07, 6.45) is 2.77. The summed E-state index contributed by atoms with van der Waals surface area (Å²) < 4.78 is 28.1. The molecule has 5 nitrogen and oxygen atoms in total. The van der Waals surface area contributed by atoms with Gasteiger partial charge in [0.15, 0.2) is 0 Å².